The fourth-order valence-corrected chi connectivity index (χ4v) is 5.61. The molecule has 0 fully saturated rings. The van der Waals surface area contributed by atoms with Gasteiger partial charge in [0, 0.05) is 10.9 Å². The highest BCUT2D eigenvalue weighted by Crippen LogP contribution is 2.47. The van der Waals surface area contributed by atoms with E-state index < -0.39 is 31.5 Å². The number of H-pyrrole nitrogens is 1. The molecule has 0 aliphatic carbocycles. The summed E-state index contributed by atoms with van der Waals surface area (Å²) in [6, 6.07) is 5.23. The Morgan fingerprint density at radius 2 is 1.85 bits per heavy atom. The van der Waals surface area contributed by atoms with Crippen molar-refractivity contribution in [2.24, 2.45) is 0 Å². The van der Waals surface area contributed by atoms with Gasteiger partial charge < -0.3 is 23.5 Å². The Morgan fingerprint density at radius 3 is 2.53 bits per heavy atom. The summed E-state index contributed by atoms with van der Waals surface area (Å²) >= 11 is 0. The van der Waals surface area contributed by atoms with Gasteiger partial charge in [-0.05, 0) is 38.1 Å². The average Bonchev–Trinajstić information content (AvgIpc) is 3.40. The van der Waals surface area contributed by atoms with E-state index in [9.17, 15) is 9.36 Å². The third-order valence-electron chi connectivity index (χ3n) is 5.46. The van der Waals surface area contributed by atoms with E-state index in [0.717, 1.165) is 12.1 Å². The van der Waals surface area contributed by atoms with Crippen LogP contribution < -0.4 is 20.5 Å². The van der Waals surface area contributed by atoms with Crippen molar-refractivity contribution in [2.75, 3.05) is 20.0 Å². The van der Waals surface area contributed by atoms with Crippen LogP contribution in [0.15, 0.2) is 35.3 Å². The van der Waals surface area contributed by atoms with Crippen LogP contribution in [0, 0.1) is 11.6 Å². The summed E-state index contributed by atoms with van der Waals surface area (Å²) in [7, 11) is -3.89. The smallest absolute Gasteiger partial charge is 0.361 e. The topological polar surface area (TPSA) is 105 Å². The number of nitrogens with one attached hydrogen (secondary N) is 1. The van der Waals surface area contributed by atoms with Crippen LogP contribution in [-0.2, 0) is 20.2 Å². The minimum Gasteiger partial charge on any atom is -0.454 e. The van der Waals surface area contributed by atoms with Gasteiger partial charge in [-0.3, -0.25) is 9.13 Å². The number of rotatable bonds is 7. The minimum absolute atomic E-state index is 0.0343. The van der Waals surface area contributed by atoms with Gasteiger partial charge in [0.25, 0.3) is 0 Å². The fraction of sp³-hybridized carbons (Fsp3) is 0.273. The van der Waals surface area contributed by atoms with Crippen LogP contribution in [0.2, 0.25) is 0 Å². The van der Waals surface area contributed by atoms with Crippen LogP contribution in [0.3, 0.4) is 0 Å². The van der Waals surface area contributed by atoms with Crippen molar-refractivity contribution in [2.45, 2.75) is 20.4 Å². The summed E-state index contributed by atoms with van der Waals surface area (Å²) in [6.07, 6.45) is 1.45. The van der Waals surface area contributed by atoms with Crippen molar-refractivity contribution in [1.29, 1.82) is 0 Å². The molecule has 1 aliphatic rings. The lowest BCUT2D eigenvalue weighted by Gasteiger charge is -2.18. The zero-order chi connectivity index (χ0) is 24.0. The third-order valence-corrected chi connectivity index (χ3v) is 7.55. The summed E-state index contributed by atoms with van der Waals surface area (Å²) in [6.45, 7) is 2.89. The maximum absolute atomic E-state index is 15.1. The van der Waals surface area contributed by atoms with Gasteiger partial charge in [-0.15, -0.1) is 0 Å². The predicted octanol–water partition coefficient (Wildman–Crippen LogP) is 3.82. The van der Waals surface area contributed by atoms with Crippen molar-refractivity contribution in [3.63, 3.8) is 0 Å². The van der Waals surface area contributed by atoms with Crippen molar-refractivity contribution in [3.8, 4) is 11.5 Å². The second-order valence-electron chi connectivity index (χ2n) is 7.45. The van der Waals surface area contributed by atoms with Crippen LogP contribution in [0.4, 0.5) is 8.78 Å². The summed E-state index contributed by atoms with van der Waals surface area (Å²) in [4.78, 5) is 19.7. The third kappa shape index (κ3) is 3.56. The van der Waals surface area contributed by atoms with E-state index in [2.05, 4.69) is 9.97 Å². The molecular formula is C22H20F2N3O6P. The van der Waals surface area contributed by atoms with Crippen molar-refractivity contribution >= 4 is 34.8 Å². The second kappa shape index (κ2) is 8.50. The molecule has 3 heterocycles. The maximum atomic E-state index is 15.1. The first-order valence-electron chi connectivity index (χ1n) is 10.5. The first kappa shape index (κ1) is 22.5. The molecule has 1 N–H and O–H groups in total. The number of aromatic amines is 1. The van der Waals surface area contributed by atoms with Crippen LogP contribution in [0.1, 0.15) is 19.4 Å². The van der Waals surface area contributed by atoms with E-state index in [1.54, 1.807) is 26.0 Å². The van der Waals surface area contributed by atoms with Crippen molar-refractivity contribution in [1.82, 2.24) is 14.5 Å². The Bertz CT molecular complexity index is 1500. The Balaban J connectivity index is 1.63. The van der Waals surface area contributed by atoms with Gasteiger partial charge in [0.05, 0.1) is 42.3 Å². The average molecular weight is 491 g/mol. The lowest BCUT2D eigenvalue weighted by atomic mass is 10.1. The lowest BCUT2D eigenvalue weighted by molar-refractivity contribution is 0.174. The van der Waals surface area contributed by atoms with Gasteiger partial charge in [0.15, 0.2) is 11.5 Å². The number of fused-ring (bicyclic) bond motifs is 5. The number of imidazole rings is 1. The lowest BCUT2D eigenvalue weighted by Crippen LogP contribution is -2.20. The van der Waals surface area contributed by atoms with E-state index in [4.69, 9.17) is 18.5 Å². The van der Waals surface area contributed by atoms with Gasteiger partial charge in [-0.1, -0.05) is 0 Å². The molecule has 0 bridgehead atoms. The van der Waals surface area contributed by atoms with Crippen LogP contribution >= 0.6 is 7.60 Å². The largest absolute Gasteiger partial charge is 0.454 e. The van der Waals surface area contributed by atoms with Gasteiger partial charge in [-0.25, -0.2) is 18.6 Å². The number of nitrogens with zero attached hydrogens (tertiary/aromatic N) is 2. The number of hydrogen-bond donors (Lipinski definition) is 1. The molecule has 0 saturated heterocycles. The summed E-state index contributed by atoms with van der Waals surface area (Å²) in [5.74, 6) is -1.01. The number of pyridine rings is 1. The number of hydrogen-bond acceptors (Lipinski definition) is 7. The highest BCUT2D eigenvalue weighted by Gasteiger charge is 2.30. The van der Waals surface area contributed by atoms with Gasteiger partial charge in [0.2, 0.25) is 6.79 Å². The summed E-state index contributed by atoms with van der Waals surface area (Å²) < 4.78 is 65.6. The molecule has 34 heavy (non-hydrogen) atoms. The molecule has 9 nitrogen and oxygen atoms in total. The summed E-state index contributed by atoms with van der Waals surface area (Å²) in [5, 5.41) is 0.318. The van der Waals surface area contributed by atoms with Gasteiger partial charge in [0.1, 0.15) is 17.2 Å². The molecular weight excluding hydrogens is 471 g/mol. The normalized spacial score (nSPS) is 13.3. The van der Waals surface area contributed by atoms with E-state index >= 15 is 8.78 Å². The molecule has 0 saturated carbocycles. The zero-order valence-electron chi connectivity index (χ0n) is 18.3. The summed E-state index contributed by atoms with van der Waals surface area (Å²) in [5.41, 5.74) is 0.313. The van der Waals surface area contributed by atoms with Crippen molar-refractivity contribution < 1.29 is 31.9 Å². The Kier molecular flexibility index (Phi) is 5.63. The first-order valence-corrected chi connectivity index (χ1v) is 12.1. The fourth-order valence-electron chi connectivity index (χ4n) is 4.01. The highest BCUT2D eigenvalue weighted by atomic mass is 31.2. The number of benzene rings is 2. The Hall–Kier alpha value is -3.27. The quantitative estimate of drug-likeness (QED) is 0.392. The molecule has 12 heteroatoms. The van der Waals surface area contributed by atoms with E-state index in [-0.39, 0.29) is 30.9 Å². The molecule has 4 aromatic rings. The number of ether oxygens (including phenoxy) is 2. The molecule has 0 unspecified atom stereocenters. The number of halogens is 2. The zero-order valence-corrected chi connectivity index (χ0v) is 19.2. The second-order valence-corrected chi connectivity index (χ2v) is 9.48. The van der Waals surface area contributed by atoms with E-state index in [1.807, 2.05) is 0 Å². The Morgan fingerprint density at radius 1 is 1.15 bits per heavy atom. The molecule has 0 spiro atoms. The van der Waals surface area contributed by atoms with Crippen LogP contribution in [0.5, 0.6) is 11.5 Å². The SMILES string of the molecule is CCOP(=O)(OCC)c1cc(F)c(Cn2c(=O)[nH]c3cnc4c5c(ccc4c32)OCO5)c(F)c1. The molecule has 178 valence electrons. The maximum Gasteiger partial charge on any atom is 0.361 e. The molecule has 0 amide bonds. The predicted molar refractivity (Wildman–Crippen MR) is 120 cm³/mol. The number of aromatic nitrogens is 3. The van der Waals surface area contributed by atoms with Crippen LogP contribution in [0.25, 0.3) is 21.9 Å². The molecule has 1 aliphatic heterocycles. The minimum atomic E-state index is -3.89. The van der Waals surface area contributed by atoms with Crippen molar-refractivity contribution in [3.05, 3.63) is 58.1 Å². The monoisotopic (exact) mass is 491 g/mol. The van der Waals surface area contributed by atoms with E-state index in [0.29, 0.717) is 33.4 Å². The standard InChI is InChI=1S/C22H20F2N3O6P/c1-3-32-34(29,33-4-2)12-7-15(23)14(16(24)8-12)10-27-20-13-5-6-18-21(31-11-30-18)19(13)25-9-17(20)26-22(27)28/h5-9H,3-4,10-11H2,1-2H3,(H,26,28). The van der Waals surface area contributed by atoms with Gasteiger partial charge in [-0.2, -0.15) is 0 Å². The van der Waals surface area contributed by atoms with E-state index in [1.165, 1.54) is 10.8 Å². The molecule has 0 radical (unpaired) electrons. The Labute approximate surface area is 191 Å². The molecule has 5 rings (SSSR count). The molecule has 0 atom stereocenters. The first-order chi connectivity index (χ1) is 16.4. The van der Waals surface area contributed by atoms with Crippen LogP contribution in [-0.4, -0.2) is 34.5 Å². The highest BCUT2D eigenvalue weighted by molar-refractivity contribution is 7.62. The van der Waals surface area contributed by atoms with Gasteiger partial charge >= 0.3 is 13.3 Å². The molecule has 2 aromatic carbocycles. The molecule has 2 aromatic heterocycles.